The molecule has 2 aliphatic heterocycles. The van der Waals surface area contributed by atoms with Gasteiger partial charge in [0.1, 0.15) is 12.7 Å². The lowest BCUT2D eigenvalue weighted by atomic mass is 10.1. The van der Waals surface area contributed by atoms with Gasteiger partial charge < -0.3 is 19.3 Å². The van der Waals surface area contributed by atoms with E-state index in [0.29, 0.717) is 11.0 Å². The molecular weight excluding hydrogens is 462 g/mol. The van der Waals surface area contributed by atoms with Gasteiger partial charge >= 0.3 is 0 Å². The normalized spacial score (nSPS) is 17.9. The number of fused-ring (bicyclic) bond motifs is 1. The van der Waals surface area contributed by atoms with E-state index in [1.807, 2.05) is 18.2 Å². The van der Waals surface area contributed by atoms with Gasteiger partial charge in [0.2, 0.25) is 6.79 Å². The summed E-state index contributed by atoms with van der Waals surface area (Å²) < 4.78 is 43.9. The fourth-order valence-electron chi connectivity index (χ4n) is 3.62. The molecule has 30 heavy (non-hydrogen) atoms. The fraction of sp³-hybridized carbons (Fsp3) is 0.429. The summed E-state index contributed by atoms with van der Waals surface area (Å²) in [5, 5.41) is 10.2. The number of ether oxygens (including phenoxy) is 3. The van der Waals surface area contributed by atoms with Gasteiger partial charge in [-0.05, 0) is 29.8 Å². The number of halogens is 3. The smallest absolute Gasteiger partial charge is 0.231 e. The van der Waals surface area contributed by atoms with Gasteiger partial charge in [0.15, 0.2) is 28.9 Å². The maximum absolute atomic E-state index is 13.8. The molecule has 162 valence electrons. The Bertz CT molecular complexity index is 870. The second-order valence-corrected chi connectivity index (χ2v) is 8.34. The van der Waals surface area contributed by atoms with Gasteiger partial charge in [0.05, 0.1) is 0 Å². The Balaban J connectivity index is 1.21. The van der Waals surface area contributed by atoms with Crippen molar-refractivity contribution >= 4 is 15.9 Å². The van der Waals surface area contributed by atoms with E-state index in [4.69, 9.17) is 14.2 Å². The first-order valence-corrected chi connectivity index (χ1v) is 10.6. The van der Waals surface area contributed by atoms with Crippen molar-refractivity contribution in [1.82, 2.24) is 9.80 Å². The number of β-amino-alcohol motifs (C(OH)–C–C–N with tert-alkyl or cyclic N) is 1. The van der Waals surface area contributed by atoms with Crippen LogP contribution in [0, 0.1) is 11.6 Å². The van der Waals surface area contributed by atoms with Crippen LogP contribution in [0.15, 0.2) is 34.8 Å². The lowest BCUT2D eigenvalue weighted by molar-refractivity contribution is 0.0428. The molecule has 1 atom stereocenters. The number of nitrogens with zero attached hydrogens (tertiary/aromatic N) is 2. The molecule has 0 saturated carbocycles. The monoisotopic (exact) mass is 484 g/mol. The van der Waals surface area contributed by atoms with Crippen LogP contribution < -0.4 is 14.2 Å². The summed E-state index contributed by atoms with van der Waals surface area (Å²) >= 11 is 3.02. The van der Waals surface area contributed by atoms with Gasteiger partial charge in [0, 0.05) is 43.7 Å². The van der Waals surface area contributed by atoms with Crippen molar-refractivity contribution in [3.05, 3.63) is 52.0 Å². The number of piperazine rings is 1. The average molecular weight is 485 g/mol. The van der Waals surface area contributed by atoms with Crippen molar-refractivity contribution in [2.45, 2.75) is 12.6 Å². The summed E-state index contributed by atoms with van der Waals surface area (Å²) in [5.41, 5.74) is 1.17. The molecule has 0 bridgehead atoms. The number of hydrogen-bond acceptors (Lipinski definition) is 6. The minimum Gasteiger partial charge on any atom is -0.485 e. The quantitative estimate of drug-likeness (QED) is 0.651. The minimum absolute atomic E-state index is 0.174. The highest BCUT2D eigenvalue weighted by atomic mass is 79.9. The molecule has 4 rings (SSSR count). The number of rotatable bonds is 7. The van der Waals surface area contributed by atoms with Crippen LogP contribution in [-0.2, 0) is 6.54 Å². The van der Waals surface area contributed by atoms with Gasteiger partial charge in [-0.15, -0.1) is 0 Å². The Hall–Kier alpha value is -1.94. The molecule has 0 unspecified atom stereocenters. The van der Waals surface area contributed by atoms with E-state index in [1.54, 1.807) is 0 Å². The molecule has 1 fully saturated rings. The van der Waals surface area contributed by atoms with E-state index in [2.05, 4.69) is 25.7 Å². The number of aliphatic hydroxyl groups is 1. The second-order valence-electron chi connectivity index (χ2n) is 7.43. The Morgan fingerprint density at radius 3 is 2.40 bits per heavy atom. The zero-order valence-corrected chi connectivity index (χ0v) is 17.9. The van der Waals surface area contributed by atoms with Crippen LogP contribution in [-0.4, -0.2) is 67.1 Å². The van der Waals surface area contributed by atoms with Crippen molar-refractivity contribution in [3.63, 3.8) is 0 Å². The standard InChI is InChI=1S/C21H23BrF2N2O4/c22-15-8-17(23)21(18(24)9-15)28-12-16(27)11-26-5-3-25(4-6-26)10-14-1-2-19-20(7-14)30-13-29-19/h1-2,7-9,16,27H,3-6,10-13H2/t16-/m0/s1. The van der Waals surface area contributed by atoms with Crippen LogP contribution in [0.5, 0.6) is 17.2 Å². The van der Waals surface area contributed by atoms with Crippen LogP contribution >= 0.6 is 15.9 Å². The van der Waals surface area contributed by atoms with Crippen molar-refractivity contribution in [3.8, 4) is 17.2 Å². The number of hydrogen-bond donors (Lipinski definition) is 1. The van der Waals surface area contributed by atoms with Gasteiger partial charge in [0.25, 0.3) is 0 Å². The van der Waals surface area contributed by atoms with E-state index in [1.165, 1.54) is 5.56 Å². The van der Waals surface area contributed by atoms with Crippen molar-refractivity contribution in [2.75, 3.05) is 46.1 Å². The largest absolute Gasteiger partial charge is 0.485 e. The average Bonchev–Trinajstić information content (AvgIpc) is 3.16. The van der Waals surface area contributed by atoms with Gasteiger partial charge in [-0.1, -0.05) is 22.0 Å². The van der Waals surface area contributed by atoms with E-state index < -0.39 is 23.5 Å². The van der Waals surface area contributed by atoms with E-state index in [-0.39, 0.29) is 13.4 Å². The Morgan fingerprint density at radius 2 is 1.67 bits per heavy atom. The third-order valence-electron chi connectivity index (χ3n) is 5.16. The van der Waals surface area contributed by atoms with Crippen LogP contribution in [0.1, 0.15) is 5.56 Å². The molecule has 0 amide bonds. The number of aliphatic hydroxyl groups excluding tert-OH is 1. The summed E-state index contributed by atoms with van der Waals surface area (Å²) in [5.74, 6) is -0.501. The van der Waals surface area contributed by atoms with Crippen LogP contribution in [0.2, 0.25) is 0 Å². The third-order valence-corrected chi connectivity index (χ3v) is 5.62. The lowest BCUT2D eigenvalue weighted by Gasteiger charge is -2.35. The molecule has 0 aromatic heterocycles. The van der Waals surface area contributed by atoms with E-state index >= 15 is 0 Å². The van der Waals surface area contributed by atoms with E-state index in [9.17, 15) is 13.9 Å². The SMILES string of the molecule is O[C@H](COc1c(F)cc(Br)cc1F)CN1CCN(Cc2ccc3c(c2)OCO3)CC1. The zero-order chi connectivity index (χ0) is 21.1. The first-order valence-electron chi connectivity index (χ1n) is 9.76. The van der Waals surface area contributed by atoms with Crippen LogP contribution in [0.3, 0.4) is 0 Å². The highest BCUT2D eigenvalue weighted by molar-refractivity contribution is 9.10. The van der Waals surface area contributed by atoms with Gasteiger partial charge in [-0.25, -0.2) is 8.78 Å². The van der Waals surface area contributed by atoms with Crippen molar-refractivity contribution in [1.29, 1.82) is 0 Å². The third kappa shape index (κ3) is 5.21. The Morgan fingerprint density at radius 1 is 1.00 bits per heavy atom. The lowest BCUT2D eigenvalue weighted by Crippen LogP contribution is -2.48. The first-order chi connectivity index (χ1) is 14.5. The highest BCUT2D eigenvalue weighted by Crippen LogP contribution is 2.33. The molecule has 1 N–H and O–H groups in total. The highest BCUT2D eigenvalue weighted by Gasteiger charge is 2.21. The second kappa shape index (κ2) is 9.47. The predicted molar refractivity (Wildman–Crippen MR) is 110 cm³/mol. The topological polar surface area (TPSA) is 54.4 Å². The first kappa shape index (κ1) is 21.3. The molecule has 0 aliphatic carbocycles. The van der Waals surface area contributed by atoms with Crippen LogP contribution in [0.25, 0.3) is 0 Å². The summed E-state index contributed by atoms with van der Waals surface area (Å²) in [6, 6.07) is 8.24. The zero-order valence-electron chi connectivity index (χ0n) is 16.3. The molecule has 0 radical (unpaired) electrons. The molecular formula is C21H23BrF2N2O4. The molecule has 2 aliphatic rings. The summed E-state index contributed by atoms with van der Waals surface area (Å²) in [4.78, 5) is 4.46. The van der Waals surface area contributed by atoms with Crippen molar-refractivity contribution < 1.29 is 28.1 Å². The van der Waals surface area contributed by atoms with Gasteiger partial charge in [-0.2, -0.15) is 0 Å². The Kier molecular flexibility index (Phi) is 6.72. The molecule has 6 nitrogen and oxygen atoms in total. The molecule has 2 heterocycles. The summed E-state index contributed by atoms with van der Waals surface area (Å²) in [6.07, 6.45) is -0.840. The summed E-state index contributed by atoms with van der Waals surface area (Å²) in [6.45, 7) is 4.61. The van der Waals surface area contributed by atoms with Crippen LogP contribution in [0.4, 0.5) is 8.78 Å². The molecule has 9 heteroatoms. The fourth-order valence-corrected chi connectivity index (χ4v) is 4.03. The minimum atomic E-state index is -0.840. The molecule has 1 saturated heterocycles. The van der Waals surface area contributed by atoms with E-state index in [0.717, 1.165) is 56.4 Å². The van der Waals surface area contributed by atoms with Crippen molar-refractivity contribution in [2.24, 2.45) is 0 Å². The maximum atomic E-state index is 13.8. The Labute approximate surface area is 182 Å². The predicted octanol–water partition coefficient (Wildman–Crippen LogP) is 3.01. The molecule has 0 spiro atoms. The molecule has 2 aromatic rings. The summed E-state index contributed by atoms with van der Waals surface area (Å²) in [7, 11) is 0. The van der Waals surface area contributed by atoms with Gasteiger partial charge in [-0.3, -0.25) is 9.80 Å². The maximum Gasteiger partial charge on any atom is 0.231 e. The number of benzene rings is 2. The molecule has 2 aromatic carbocycles.